The summed E-state index contributed by atoms with van der Waals surface area (Å²) in [5.74, 6) is 2.04. The van der Waals surface area contributed by atoms with Gasteiger partial charge in [0.05, 0.1) is 0 Å². The van der Waals surface area contributed by atoms with Crippen LogP contribution in [0.15, 0.2) is 0 Å². The summed E-state index contributed by atoms with van der Waals surface area (Å²) >= 11 is 0. The van der Waals surface area contributed by atoms with Gasteiger partial charge in [0.25, 0.3) is 0 Å². The van der Waals surface area contributed by atoms with E-state index in [2.05, 4.69) is 37.5 Å². The summed E-state index contributed by atoms with van der Waals surface area (Å²) in [4.78, 5) is 5.34. The normalized spacial score (nSPS) is 25.9. The van der Waals surface area contributed by atoms with Crippen LogP contribution in [0, 0.1) is 11.8 Å². The number of nitrogens with zero attached hydrogens (tertiary/aromatic N) is 2. The van der Waals surface area contributed by atoms with Crippen molar-refractivity contribution >= 4 is 0 Å². The van der Waals surface area contributed by atoms with Crippen molar-refractivity contribution < 1.29 is 0 Å². The van der Waals surface area contributed by atoms with E-state index in [0.717, 1.165) is 11.8 Å². The third-order valence-corrected chi connectivity index (χ3v) is 5.33. The maximum absolute atomic E-state index is 2.68. The van der Waals surface area contributed by atoms with E-state index in [9.17, 15) is 0 Å². The Hall–Kier alpha value is -0.0800. The van der Waals surface area contributed by atoms with Gasteiger partial charge < -0.3 is 4.90 Å². The van der Waals surface area contributed by atoms with Gasteiger partial charge in [0, 0.05) is 5.54 Å². The van der Waals surface area contributed by atoms with E-state index < -0.39 is 0 Å². The first-order chi connectivity index (χ1) is 9.00. The highest BCUT2D eigenvalue weighted by molar-refractivity contribution is 4.86. The number of rotatable bonds is 3. The topological polar surface area (TPSA) is 6.48 Å². The van der Waals surface area contributed by atoms with Crippen molar-refractivity contribution in [3.63, 3.8) is 0 Å². The fraction of sp³-hybridized carbons (Fsp3) is 1.00. The molecular weight excluding hydrogens is 232 g/mol. The van der Waals surface area contributed by atoms with Crippen LogP contribution in [-0.2, 0) is 0 Å². The molecule has 0 amide bonds. The summed E-state index contributed by atoms with van der Waals surface area (Å²) < 4.78 is 0. The summed E-state index contributed by atoms with van der Waals surface area (Å²) in [5.41, 5.74) is 0.370. The number of hydrogen-bond donors (Lipinski definition) is 0. The zero-order chi connectivity index (χ0) is 13.9. The van der Waals surface area contributed by atoms with Gasteiger partial charge >= 0.3 is 0 Å². The van der Waals surface area contributed by atoms with Gasteiger partial charge in [0.2, 0.25) is 0 Å². The van der Waals surface area contributed by atoms with Crippen molar-refractivity contribution in [3.05, 3.63) is 0 Å². The summed E-state index contributed by atoms with van der Waals surface area (Å²) in [6, 6.07) is 0. The summed E-state index contributed by atoms with van der Waals surface area (Å²) in [6.07, 6.45) is 7.11. The molecule has 2 saturated heterocycles. The lowest BCUT2D eigenvalue weighted by molar-refractivity contribution is 0.0525. The monoisotopic (exact) mass is 266 g/mol. The SMILES string of the molecule is CCCN1CCC(C2CCN(C(C)(C)C)CC2)CC1. The molecule has 0 aliphatic carbocycles. The number of likely N-dealkylation sites (tertiary alicyclic amines) is 2. The second-order valence-corrected chi connectivity index (χ2v) is 7.67. The molecule has 2 aliphatic heterocycles. The second-order valence-electron chi connectivity index (χ2n) is 7.67. The Morgan fingerprint density at radius 2 is 1.32 bits per heavy atom. The molecule has 2 heterocycles. The molecule has 2 rings (SSSR count). The predicted molar refractivity (Wildman–Crippen MR) is 83.5 cm³/mol. The summed E-state index contributed by atoms with van der Waals surface area (Å²) in [6.45, 7) is 16.1. The van der Waals surface area contributed by atoms with Gasteiger partial charge in [0.1, 0.15) is 0 Å². The molecule has 2 fully saturated rings. The van der Waals surface area contributed by atoms with Crippen LogP contribution in [0.3, 0.4) is 0 Å². The first-order valence-electron chi connectivity index (χ1n) is 8.48. The quantitative estimate of drug-likeness (QED) is 0.770. The molecule has 2 heteroatoms. The van der Waals surface area contributed by atoms with Gasteiger partial charge in [-0.25, -0.2) is 0 Å². The molecule has 0 radical (unpaired) electrons. The highest BCUT2D eigenvalue weighted by atomic mass is 15.2. The molecule has 2 aliphatic rings. The minimum Gasteiger partial charge on any atom is -0.303 e. The molecule has 0 atom stereocenters. The van der Waals surface area contributed by atoms with Crippen molar-refractivity contribution in [3.8, 4) is 0 Å². The van der Waals surface area contributed by atoms with Crippen LogP contribution in [-0.4, -0.2) is 48.1 Å². The van der Waals surface area contributed by atoms with E-state index in [1.54, 1.807) is 0 Å². The molecule has 0 N–H and O–H groups in total. The molecule has 0 spiro atoms. The van der Waals surface area contributed by atoms with E-state index in [4.69, 9.17) is 0 Å². The third kappa shape index (κ3) is 4.19. The molecular formula is C17H34N2. The van der Waals surface area contributed by atoms with Crippen LogP contribution in [0.5, 0.6) is 0 Å². The number of piperidine rings is 2. The molecule has 0 aromatic carbocycles. The van der Waals surface area contributed by atoms with Crippen LogP contribution in [0.25, 0.3) is 0 Å². The molecule has 112 valence electrons. The molecule has 2 nitrogen and oxygen atoms in total. The first kappa shape index (κ1) is 15.3. The lowest BCUT2D eigenvalue weighted by Gasteiger charge is -2.44. The minimum absolute atomic E-state index is 0.370. The Balaban J connectivity index is 1.74. The van der Waals surface area contributed by atoms with Gasteiger partial charge in [0.15, 0.2) is 0 Å². The Labute approximate surface area is 120 Å². The van der Waals surface area contributed by atoms with Crippen molar-refractivity contribution in [2.45, 2.75) is 65.3 Å². The van der Waals surface area contributed by atoms with Crippen LogP contribution in [0.4, 0.5) is 0 Å². The van der Waals surface area contributed by atoms with Gasteiger partial charge in [-0.15, -0.1) is 0 Å². The minimum atomic E-state index is 0.370. The highest BCUT2D eigenvalue weighted by Gasteiger charge is 2.32. The maximum atomic E-state index is 2.68. The van der Waals surface area contributed by atoms with E-state index in [0.29, 0.717) is 5.54 Å². The third-order valence-electron chi connectivity index (χ3n) is 5.33. The highest BCUT2D eigenvalue weighted by Crippen LogP contribution is 2.34. The van der Waals surface area contributed by atoms with Gasteiger partial charge in [-0.2, -0.15) is 0 Å². The smallest absolute Gasteiger partial charge is 0.0125 e. The molecule has 19 heavy (non-hydrogen) atoms. The molecule has 0 unspecified atom stereocenters. The van der Waals surface area contributed by atoms with Gasteiger partial charge in [-0.05, 0) is 97.4 Å². The van der Waals surface area contributed by atoms with Crippen molar-refractivity contribution in [2.24, 2.45) is 11.8 Å². The Morgan fingerprint density at radius 3 is 1.74 bits per heavy atom. The van der Waals surface area contributed by atoms with E-state index in [1.807, 2.05) is 0 Å². The van der Waals surface area contributed by atoms with Crippen LogP contribution < -0.4 is 0 Å². The summed E-state index contributed by atoms with van der Waals surface area (Å²) in [5, 5.41) is 0. The Bertz CT molecular complexity index is 253. The fourth-order valence-corrected chi connectivity index (χ4v) is 4.01. The average Bonchev–Trinajstić information content (AvgIpc) is 2.39. The molecule has 0 aromatic rings. The summed E-state index contributed by atoms with van der Waals surface area (Å²) in [7, 11) is 0. The van der Waals surface area contributed by atoms with Crippen LogP contribution in [0.1, 0.15) is 59.8 Å². The van der Waals surface area contributed by atoms with Gasteiger partial charge in [-0.1, -0.05) is 6.92 Å². The first-order valence-corrected chi connectivity index (χ1v) is 8.48. The van der Waals surface area contributed by atoms with Crippen molar-refractivity contribution in [2.75, 3.05) is 32.7 Å². The van der Waals surface area contributed by atoms with E-state index >= 15 is 0 Å². The molecule has 0 saturated carbocycles. The predicted octanol–water partition coefficient (Wildman–Crippen LogP) is 3.62. The maximum Gasteiger partial charge on any atom is 0.0125 e. The van der Waals surface area contributed by atoms with E-state index in [1.165, 1.54) is 64.8 Å². The van der Waals surface area contributed by atoms with E-state index in [-0.39, 0.29) is 0 Å². The molecule has 0 aromatic heterocycles. The average molecular weight is 266 g/mol. The zero-order valence-corrected chi connectivity index (χ0v) is 13.6. The number of hydrogen-bond acceptors (Lipinski definition) is 2. The van der Waals surface area contributed by atoms with Crippen LogP contribution in [0.2, 0.25) is 0 Å². The fourth-order valence-electron chi connectivity index (χ4n) is 4.01. The lowest BCUT2D eigenvalue weighted by atomic mass is 9.78. The Kier molecular flexibility index (Phi) is 5.30. The lowest BCUT2D eigenvalue weighted by Crippen LogP contribution is -2.47. The largest absolute Gasteiger partial charge is 0.303 e. The standard InChI is InChI=1S/C17H34N2/c1-5-10-18-11-6-15(7-12-18)16-8-13-19(14-9-16)17(2,3)4/h15-16H,5-14H2,1-4H3. The Morgan fingerprint density at radius 1 is 0.842 bits per heavy atom. The second kappa shape index (κ2) is 6.58. The van der Waals surface area contributed by atoms with Crippen molar-refractivity contribution in [1.82, 2.24) is 9.80 Å². The molecule has 0 bridgehead atoms. The van der Waals surface area contributed by atoms with Crippen molar-refractivity contribution in [1.29, 1.82) is 0 Å². The zero-order valence-electron chi connectivity index (χ0n) is 13.6. The van der Waals surface area contributed by atoms with Crippen LogP contribution >= 0.6 is 0 Å². The van der Waals surface area contributed by atoms with Gasteiger partial charge in [-0.3, -0.25) is 4.90 Å².